The Labute approximate surface area is 115 Å². The molecule has 0 spiro atoms. The molecule has 0 bridgehead atoms. The molecule has 1 aromatic rings. The van der Waals surface area contributed by atoms with Gasteiger partial charge in [-0.15, -0.1) is 0 Å². The van der Waals surface area contributed by atoms with Gasteiger partial charge in [0.15, 0.2) is 0 Å². The van der Waals surface area contributed by atoms with Crippen LogP contribution in [0.1, 0.15) is 38.3 Å². The molecule has 1 aliphatic heterocycles. The van der Waals surface area contributed by atoms with Gasteiger partial charge in [0.1, 0.15) is 0 Å². The molecule has 1 aliphatic rings. The number of likely N-dealkylation sites (N-methyl/N-ethyl adjacent to an activating group) is 1. The summed E-state index contributed by atoms with van der Waals surface area (Å²) in [6.07, 6.45) is 2.64. The lowest BCUT2D eigenvalue weighted by molar-refractivity contribution is 0.110. The zero-order chi connectivity index (χ0) is 13.2. The van der Waals surface area contributed by atoms with Gasteiger partial charge < -0.3 is 5.32 Å². The van der Waals surface area contributed by atoms with Crippen LogP contribution in [0.25, 0.3) is 0 Å². The van der Waals surface area contributed by atoms with Gasteiger partial charge in [-0.25, -0.2) is 0 Å². The van der Waals surface area contributed by atoms with Crippen molar-refractivity contribution in [2.24, 2.45) is 0 Å². The van der Waals surface area contributed by atoms with Gasteiger partial charge in [-0.1, -0.05) is 23.7 Å². The summed E-state index contributed by atoms with van der Waals surface area (Å²) in [6.45, 7) is 7.07. The maximum absolute atomic E-state index is 5.97. The average molecular weight is 267 g/mol. The van der Waals surface area contributed by atoms with Gasteiger partial charge in [-0.3, -0.25) is 4.90 Å². The van der Waals surface area contributed by atoms with E-state index >= 15 is 0 Å². The number of likely N-dealkylation sites (tertiary alicyclic amines) is 1. The molecule has 1 saturated heterocycles. The zero-order valence-electron chi connectivity index (χ0n) is 11.5. The van der Waals surface area contributed by atoms with Crippen LogP contribution in [0, 0.1) is 0 Å². The molecule has 1 atom stereocenters. The molecule has 3 heteroatoms. The summed E-state index contributed by atoms with van der Waals surface area (Å²) in [5, 5.41) is 4.27. The van der Waals surface area contributed by atoms with Crippen LogP contribution in [0.3, 0.4) is 0 Å². The molecule has 0 amide bonds. The Morgan fingerprint density at radius 1 is 1.17 bits per heavy atom. The Kier molecular flexibility index (Phi) is 4.31. The normalized spacial score (nSPS) is 19.1. The minimum atomic E-state index is 0.124. The molecule has 100 valence electrons. The Morgan fingerprint density at radius 3 is 2.22 bits per heavy atom. The third-order valence-corrected chi connectivity index (χ3v) is 4.37. The van der Waals surface area contributed by atoms with Gasteiger partial charge in [0.2, 0.25) is 0 Å². The van der Waals surface area contributed by atoms with Crippen molar-refractivity contribution in [1.82, 2.24) is 10.2 Å². The molecule has 1 aromatic carbocycles. The molecule has 1 unspecified atom stereocenters. The number of rotatable bonds is 4. The van der Waals surface area contributed by atoms with Gasteiger partial charge in [-0.2, -0.15) is 0 Å². The Morgan fingerprint density at radius 2 is 1.72 bits per heavy atom. The van der Waals surface area contributed by atoms with Gasteiger partial charge in [0.05, 0.1) is 0 Å². The van der Waals surface area contributed by atoms with Crippen LogP contribution in [0.5, 0.6) is 0 Å². The van der Waals surface area contributed by atoms with Crippen molar-refractivity contribution in [2.45, 2.75) is 38.3 Å². The van der Waals surface area contributed by atoms with E-state index in [4.69, 9.17) is 11.6 Å². The molecule has 2 nitrogen and oxygen atoms in total. The quantitative estimate of drug-likeness (QED) is 0.898. The summed E-state index contributed by atoms with van der Waals surface area (Å²) in [7, 11) is 2.04. The number of nitrogens with zero attached hydrogens (tertiary/aromatic N) is 1. The SMILES string of the molecule is CNC(c1ccc(Cl)cc1)C(C)(C)N1CCCC1. The van der Waals surface area contributed by atoms with E-state index in [9.17, 15) is 0 Å². The van der Waals surface area contributed by atoms with Crippen molar-refractivity contribution in [2.75, 3.05) is 20.1 Å². The number of benzene rings is 1. The van der Waals surface area contributed by atoms with E-state index in [2.05, 4.69) is 36.2 Å². The summed E-state index contributed by atoms with van der Waals surface area (Å²) >= 11 is 5.97. The van der Waals surface area contributed by atoms with Crippen LogP contribution in [0.2, 0.25) is 5.02 Å². The molecule has 1 heterocycles. The fourth-order valence-electron chi connectivity index (χ4n) is 3.06. The fraction of sp³-hybridized carbons (Fsp3) is 0.600. The molecule has 0 aromatic heterocycles. The minimum absolute atomic E-state index is 0.124. The lowest BCUT2D eigenvalue weighted by atomic mass is 9.87. The van der Waals surface area contributed by atoms with Crippen LogP contribution in [0.4, 0.5) is 0 Å². The van der Waals surface area contributed by atoms with Gasteiger partial charge >= 0.3 is 0 Å². The van der Waals surface area contributed by atoms with Gasteiger partial charge in [0, 0.05) is 16.6 Å². The predicted molar refractivity (Wildman–Crippen MR) is 78.1 cm³/mol. The first-order valence-electron chi connectivity index (χ1n) is 6.73. The van der Waals surface area contributed by atoms with Crippen molar-refractivity contribution in [3.05, 3.63) is 34.9 Å². The number of hydrogen-bond acceptors (Lipinski definition) is 2. The van der Waals surface area contributed by atoms with Gasteiger partial charge in [0.25, 0.3) is 0 Å². The third-order valence-electron chi connectivity index (χ3n) is 4.12. The maximum atomic E-state index is 5.97. The van der Waals surface area contributed by atoms with Crippen molar-refractivity contribution in [3.63, 3.8) is 0 Å². The van der Waals surface area contributed by atoms with E-state index in [1.165, 1.54) is 31.5 Å². The average Bonchev–Trinajstić information content (AvgIpc) is 2.86. The highest BCUT2D eigenvalue weighted by Gasteiger charge is 2.36. The maximum Gasteiger partial charge on any atom is 0.0499 e. The molecule has 0 radical (unpaired) electrons. The smallest absolute Gasteiger partial charge is 0.0499 e. The number of halogens is 1. The Balaban J connectivity index is 2.23. The highest BCUT2D eigenvalue weighted by molar-refractivity contribution is 6.30. The van der Waals surface area contributed by atoms with E-state index in [0.717, 1.165) is 5.02 Å². The molecule has 1 N–H and O–H groups in total. The molecule has 2 rings (SSSR count). The molecular weight excluding hydrogens is 244 g/mol. The van der Waals surface area contributed by atoms with Crippen LogP contribution in [-0.2, 0) is 0 Å². The second-order valence-corrected chi connectivity index (χ2v) is 6.06. The lowest BCUT2D eigenvalue weighted by Crippen LogP contribution is -2.50. The number of nitrogens with one attached hydrogen (secondary N) is 1. The van der Waals surface area contributed by atoms with Crippen LogP contribution >= 0.6 is 11.6 Å². The summed E-state index contributed by atoms with van der Waals surface area (Å²) < 4.78 is 0. The van der Waals surface area contributed by atoms with Crippen LogP contribution < -0.4 is 5.32 Å². The number of hydrogen-bond donors (Lipinski definition) is 1. The van der Waals surface area contributed by atoms with E-state index in [1.807, 2.05) is 19.2 Å². The lowest BCUT2D eigenvalue weighted by Gasteiger charge is -2.42. The second kappa shape index (κ2) is 5.60. The summed E-state index contributed by atoms with van der Waals surface area (Å²) in [5.74, 6) is 0. The zero-order valence-corrected chi connectivity index (χ0v) is 12.3. The Hall–Kier alpha value is -0.570. The first-order chi connectivity index (χ1) is 8.55. The fourth-order valence-corrected chi connectivity index (χ4v) is 3.18. The van der Waals surface area contributed by atoms with Crippen LogP contribution in [-0.4, -0.2) is 30.6 Å². The molecule has 0 aliphatic carbocycles. The van der Waals surface area contributed by atoms with E-state index < -0.39 is 0 Å². The Bertz CT molecular complexity index is 380. The van der Waals surface area contributed by atoms with E-state index in [0.29, 0.717) is 6.04 Å². The summed E-state index contributed by atoms with van der Waals surface area (Å²) in [4.78, 5) is 2.59. The predicted octanol–water partition coefficient (Wildman–Crippen LogP) is 3.47. The largest absolute Gasteiger partial charge is 0.311 e. The molecule has 18 heavy (non-hydrogen) atoms. The monoisotopic (exact) mass is 266 g/mol. The molecule has 0 saturated carbocycles. The van der Waals surface area contributed by atoms with E-state index in [1.54, 1.807) is 0 Å². The van der Waals surface area contributed by atoms with Crippen molar-refractivity contribution < 1.29 is 0 Å². The topological polar surface area (TPSA) is 15.3 Å². The molecule has 1 fully saturated rings. The highest BCUT2D eigenvalue weighted by Crippen LogP contribution is 2.33. The van der Waals surface area contributed by atoms with Crippen molar-refractivity contribution in [3.8, 4) is 0 Å². The highest BCUT2D eigenvalue weighted by atomic mass is 35.5. The standard InChI is InChI=1S/C15H23ClN2/c1-15(2,18-10-4-5-11-18)14(17-3)12-6-8-13(16)9-7-12/h6-9,14,17H,4-5,10-11H2,1-3H3. The minimum Gasteiger partial charge on any atom is -0.311 e. The second-order valence-electron chi connectivity index (χ2n) is 5.62. The third kappa shape index (κ3) is 2.71. The molecular formula is C15H23ClN2. The summed E-state index contributed by atoms with van der Waals surface area (Å²) in [6, 6.07) is 8.53. The van der Waals surface area contributed by atoms with E-state index in [-0.39, 0.29) is 5.54 Å². The first-order valence-corrected chi connectivity index (χ1v) is 7.11. The first kappa shape index (κ1) is 13.9. The van der Waals surface area contributed by atoms with Crippen molar-refractivity contribution >= 4 is 11.6 Å². The van der Waals surface area contributed by atoms with Crippen LogP contribution in [0.15, 0.2) is 24.3 Å². The van der Waals surface area contributed by atoms with Gasteiger partial charge in [-0.05, 0) is 64.5 Å². The summed E-state index contributed by atoms with van der Waals surface area (Å²) in [5.41, 5.74) is 1.43. The van der Waals surface area contributed by atoms with Crippen molar-refractivity contribution in [1.29, 1.82) is 0 Å².